The Hall–Kier alpha value is -3.06. The molecule has 1 fully saturated rings. The summed E-state index contributed by atoms with van der Waals surface area (Å²) in [7, 11) is 0. The van der Waals surface area contributed by atoms with Gasteiger partial charge in [0, 0.05) is 43.3 Å². The maximum absolute atomic E-state index is 13.2. The summed E-state index contributed by atoms with van der Waals surface area (Å²) in [4.78, 5) is 28.5. The number of hydrogen-bond acceptors (Lipinski definition) is 7. The minimum absolute atomic E-state index is 0.185. The van der Waals surface area contributed by atoms with Crippen LogP contribution in [0.15, 0.2) is 24.3 Å². The molecule has 7 nitrogen and oxygen atoms in total. The lowest BCUT2D eigenvalue weighted by Crippen LogP contribution is -2.63. The van der Waals surface area contributed by atoms with Crippen LogP contribution in [0, 0.1) is 0 Å². The molecule has 0 amide bonds. The van der Waals surface area contributed by atoms with Crippen LogP contribution in [0.25, 0.3) is 0 Å². The summed E-state index contributed by atoms with van der Waals surface area (Å²) in [6.45, 7) is 26.4. The fourth-order valence-electron chi connectivity index (χ4n) is 8.05. The summed E-state index contributed by atoms with van der Waals surface area (Å²) in [6, 6.07) is 8.21. The van der Waals surface area contributed by atoms with Crippen LogP contribution in [-0.2, 0) is 55.6 Å². The summed E-state index contributed by atoms with van der Waals surface area (Å²) in [5, 5.41) is 21.9. The van der Waals surface area contributed by atoms with Crippen LogP contribution in [0.2, 0.25) is 0 Å². The maximum atomic E-state index is 13.2. The Labute approximate surface area is 315 Å². The van der Waals surface area contributed by atoms with Crippen molar-refractivity contribution in [2.45, 2.75) is 188 Å². The van der Waals surface area contributed by atoms with Crippen LogP contribution in [0.4, 0.5) is 0 Å². The number of esters is 2. The molecule has 0 spiro atoms. The smallest absolute Gasteiger partial charge is 0.306 e. The molecule has 52 heavy (non-hydrogen) atoms. The van der Waals surface area contributed by atoms with Gasteiger partial charge < -0.3 is 19.7 Å². The van der Waals surface area contributed by atoms with Gasteiger partial charge in [0.25, 0.3) is 0 Å². The zero-order chi connectivity index (χ0) is 39.1. The second-order valence-electron chi connectivity index (χ2n) is 18.5. The second-order valence-corrected chi connectivity index (χ2v) is 18.5. The first-order valence-corrected chi connectivity index (χ1v) is 19.9. The monoisotopic (exact) mass is 722 g/mol. The number of aryl methyl sites for hydroxylation is 4. The lowest BCUT2D eigenvalue weighted by molar-refractivity contribution is -0.163. The van der Waals surface area contributed by atoms with Gasteiger partial charge in [0.2, 0.25) is 0 Å². The van der Waals surface area contributed by atoms with E-state index in [9.17, 15) is 19.8 Å². The van der Waals surface area contributed by atoms with Crippen LogP contribution < -0.4 is 0 Å². The summed E-state index contributed by atoms with van der Waals surface area (Å²) in [5.41, 5.74) is 4.90. The number of unbranched alkanes of at least 4 members (excludes halogenated alkanes) is 2. The van der Waals surface area contributed by atoms with Gasteiger partial charge in [-0.15, -0.1) is 0 Å². The molecule has 2 N–H and O–H groups in total. The number of benzene rings is 2. The van der Waals surface area contributed by atoms with Crippen molar-refractivity contribution in [3.8, 4) is 11.5 Å². The number of carbonyl (C=O) groups is 2. The van der Waals surface area contributed by atoms with E-state index in [-0.39, 0.29) is 46.4 Å². The number of phenols is 2. The number of ether oxygens (including phenoxy) is 2. The van der Waals surface area contributed by atoms with Crippen LogP contribution >= 0.6 is 0 Å². The molecule has 292 valence electrons. The van der Waals surface area contributed by atoms with E-state index in [1.165, 1.54) is 0 Å². The largest absolute Gasteiger partial charge is 0.507 e. The topological polar surface area (TPSA) is 96.3 Å². The normalized spacial score (nSPS) is 16.5. The number of carbonyl (C=O) groups excluding carboxylic acids is 2. The second kappa shape index (κ2) is 17.8. The van der Waals surface area contributed by atoms with E-state index in [0.717, 1.165) is 71.9 Å². The van der Waals surface area contributed by atoms with Crippen molar-refractivity contribution in [1.29, 1.82) is 0 Å². The van der Waals surface area contributed by atoms with Gasteiger partial charge in [-0.05, 0) is 110 Å². The summed E-state index contributed by atoms with van der Waals surface area (Å²) < 4.78 is 11.9. The van der Waals surface area contributed by atoms with E-state index >= 15 is 0 Å². The van der Waals surface area contributed by atoms with Gasteiger partial charge in [-0.1, -0.05) is 92.5 Å². The number of hydrogen-bond donors (Lipinski definition) is 2. The van der Waals surface area contributed by atoms with Gasteiger partial charge in [0.05, 0.1) is 0 Å². The first-order valence-electron chi connectivity index (χ1n) is 19.9. The standard InChI is InChI=1S/C45H71NO6/c1-13-15-17-33-25-31(26-34(40(33)49)18-16-14-2)20-22-39(48)52-35-29-44(9,10)46(45(11,12)30-35)23-24-51-38(47)21-19-32-27-36(42(3,4)5)41(50)37(28-32)43(6,7)8/h25-28,35,49-50H,13-24,29-30H2,1-12H3. The molecule has 1 saturated heterocycles. The van der Waals surface area contributed by atoms with Gasteiger partial charge in [0.15, 0.2) is 0 Å². The van der Waals surface area contributed by atoms with Gasteiger partial charge in [-0.3, -0.25) is 14.5 Å². The van der Waals surface area contributed by atoms with Crippen LogP contribution in [-0.4, -0.2) is 57.4 Å². The van der Waals surface area contributed by atoms with E-state index in [1.807, 2.05) is 12.1 Å². The van der Waals surface area contributed by atoms with Gasteiger partial charge in [-0.25, -0.2) is 0 Å². The van der Waals surface area contributed by atoms with Gasteiger partial charge in [0.1, 0.15) is 24.2 Å². The average molecular weight is 722 g/mol. The number of likely N-dealkylation sites (tertiary alicyclic amines) is 1. The van der Waals surface area contributed by atoms with E-state index in [0.29, 0.717) is 56.8 Å². The van der Waals surface area contributed by atoms with Crippen molar-refractivity contribution >= 4 is 11.9 Å². The number of phenolic OH excluding ortho intramolecular Hbond substituents is 2. The molecule has 1 aliphatic heterocycles. The molecule has 1 aliphatic rings. The molecular formula is C45H71NO6. The molecule has 0 saturated carbocycles. The Kier molecular flexibility index (Phi) is 14.9. The molecule has 0 atom stereocenters. The van der Waals surface area contributed by atoms with E-state index in [2.05, 4.69) is 100 Å². The maximum Gasteiger partial charge on any atom is 0.306 e. The predicted molar refractivity (Wildman–Crippen MR) is 212 cm³/mol. The van der Waals surface area contributed by atoms with Gasteiger partial charge >= 0.3 is 11.9 Å². The first kappa shape index (κ1) is 43.3. The van der Waals surface area contributed by atoms with Crippen molar-refractivity contribution in [3.63, 3.8) is 0 Å². The van der Waals surface area contributed by atoms with Crippen molar-refractivity contribution in [2.24, 2.45) is 0 Å². The fourth-order valence-corrected chi connectivity index (χ4v) is 8.05. The molecule has 0 unspecified atom stereocenters. The summed E-state index contributed by atoms with van der Waals surface area (Å²) in [5.74, 6) is 0.357. The molecule has 2 aromatic rings. The number of nitrogens with zero attached hydrogens (tertiary/aromatic N) is 1. The molecule has 0 radical (unpaired) electrons. The Morgan fingerprint density at radius 3 is 1.60 bits per heavy atom. The molecule has 0 aromatic heterocycles. The highest BCUT2D eigenvalue weighted by Gasteiger charge is 2.46. The lowest BCUT2D eigenvalue weighted by atomic mass is 9.78. The number of rotatable bonds is 16. The van der Waals surface area contributed by atoms with Crippen molar-refractivity contribution in [1.82, 2.24) is 4.90 Å². The highest BCUT2D eigenvalue weighted by Crippen LogP contribution is 2.41. The molecule has 1 heterocycles. The average Bonchev–Trinajstić information content (AvgIpc) is 3.02. The van der Waals surface area contributed by atoms with Gasteiger partial charge in [-0.2, -0.15) is 0 Å². The van der Waals surface area contributed by atoms with E-state index in [1.54, 1.807) is 0 Å². The van der Waals surface area contributed by atoms with Crippen LogP contribution in [0.3, 0.4) is 0 Å². The Bertz CT molecular complexity index is 1430. The zero-order valence-corrected chi connectivity index (χ0v) is 34.8. The molecule has 2 aromatic carbocycles. The molecule has 0 aliphatic carbocycles. The quantitative estimate of drug-likeness (QED) is 0.167. The van der Waals surface area contributed by atoms with Crippen molar-refractivity contribution < 1.29 is 29.3 Å². The third-order valence-electron chi connectivity index (χ3n) is 10.7. The zero-order valence-electron chi connectivity index (χ0n) is 34.8. The molecule has 3 rings (SSSR count). The third kappa shape index (κ3) is 12.0. The van der Waals surface area contributed by atoms with Crippen molar-refractivity contribution in [2.75, 3.05) is 13.2 Å². The first-order chi connectivity index (χ1) is 24.1. The summed E-state index contributed by atoms with van der Waals surface area (Å²) in [6.07, 6.45) is 8.79. The SMILES string of the molecule is CCCCc1cc(CCC(=O)OC2CC(C)(C)N(CCOC(=O)CCc3cc(C(C)(C)C)c(O)c(C(C)(C)C)c3)C(C)(C)C2)cc(CCCC)c1O. The minimum atomic E-state index is -0.267. The molecular weight excluding hydrogens is 650 g/mol. The number of piperidine rings is 1. The highest BCUT2D eigenvalue weighted by molar-refractivity contribution is 5.70. The van der Waals surface area contributed by atoms with Crippen molar-refractivity contribution in [3.05, 3.63) is 57.6 Å². The minimum Gasteiger partial charge on any atom is -0.507 e. The lowest BCUT2D eigenvalue weighted by Gasteiger charge is -2.54. The molecule has 0 bridgehead atoms. The third-order valence-corrected chi connectivity index (χ3v) is 10.7. The highest BCUT2D eigenvalue weighted by atomic mass is 16.5. The van der Waals surface area contributed by atoms with Crippen LogP contribution in [0.1, 0.15) is 168 Å². The summed E-state index contributed by atoms with van der Waals surface area (Å²) >= 11 is 0. The fraction of sp³-hybridized carbons (Fsp3) is 0.689. The van der Waals surface area contributed by atoms with E-state index < -0.39 is 0 Å². The van der Waals surface area contributed by atoms with E-state index in [4.69, 9.17) is 9.47 Å². The number of aromatic hydroxyl groups is 2. The Balaban J connectivity index is 1.56. The Morgan fingerprint density at radius 1 is 0.712 bits per heavy atom. The molecule has 7 heteroatoms. The predicted octanol–water partition coefficient (Wildman–Crippen LogP) is 10.1. The Morgan fingerprint density at radius 2 is 1.15 bits per heavy atom. The van der Waals surface area contributed by atoms with Crippen LogP contribution in [0.5, 0.6) is 11.5 Å².